The summed E-state index contributed by atoms with van der Waals surface area (Å²) < 4.78 is 2.45. The Labute approximate surface area is 80.4 Å². The highest BCUT2D eigenvalue weighted by Gasteiger charge is 2.26. The number of amidine groups is 1. The Balaban J connectivity index is 0.000000845. The number of nitrogens with zero attached hydrogens (tertiary/aromatic N) is 2. The second kappa shape index (κ2) is 4.61. The second-order valence-corrected chi connectivity index (χ2v) is 3.99. The summed E-state index contributed by atoms with van der Waals surface area (Å²) in [6.07, 6.45) is 6.89. The number of hydrogen-bond donors (Lipinski definition) is 0. The van der Waals surface area contributed by atoms with Gasteiger partial charge in [-0.05, 0) is 19.3 Å². The lowest BCUT2D eigenvalue weighted by atomic mass is 10.2. The van der Waals surface area contributed by atoms with Crippen molar-refractivity contribution < 1.29 is 10.1 Å². The molecule has 0 saturated carbocycles. The fourth-order valence-electron chi connectivity index (χ4n) is 2.35. The van der Waals surface area contributed by atoms with E-state index in [9.17, 15) is 0 Å². The molecule has 0 atom stereocenters. The molecule has 3 heteroatoms. The van der Waals surface area contributed by atoms with E-state index in [4.69, 9.17) is 0 Å². The van der Waals surface area contributed by atoms with Gasteiger partial charge in [-0.3, -0.25) is 9.48 Å². The van der Waals surface area contributed by atoms with Crippen LogP contribution >= 0.6 is 0 Å². The van der Waals surface area contributed by atoms with Crippen molar-refractivity contribution in [1.29, 1.82) is 0 Å². The van der Waals surface area contributed by atoms with E-state index in [2.05, 4.69) is 16.5 Å². The Hall–Kier alpha value is -0.570. The standard InChI is InChI=1S/C10H19N2.H2O/c1-11-7-5-9-12-8-4-2-3-6-10(11)12;/h2-9H2,1H3;1H2/q+1;/p-1. The molecule has 0 aromatic carbocycles. The van der Waals surface area contributed by atoms with Crippen molar-refractivity contribution in [2.24, 2.45) is 0 Å². The predicted octanol–water partition coefficient (Wildman–Crippen LogP) is 1.13. The van der Waals surface area contributed by atoms with E-state index in [1.807, 2.05) is 0 Å². The van der Waals surface area contributed by atoms with Crippen LogP contribution in [-0.4, -0.2) is 47.5 Å². The van der Waals surface area contributed by atoms with Gasteiger partial charge in [0.1, 0.15) is 0 Å². The lowest BCUT2D eigenvalue weighted by Crippen LogP contribution is -2.42. The lowest BCUT2D eigenvalue weighted by Gasteiger charge is -2.23. The summed E-state index contributed by atoms with van der Waals surface area (Å²) in [5.41, 5.74) is 0. The first-order valence-electron chi connectivity index (χ1n) is 5.20. The number of hydrogen-bond acceptors (Lipinski definition) is 2. The van der Waals surface area contributed by atoms with E-state index in [0.717, 1.165) is 0 Å². The van der Waals surface area contributed by atoms with Gasteiger partial charge in [0, 0.05) is 12.8 Å². The van der Waals surface area contributed by atoms with E-state index in [1.165, 1.54) is 51.7 Å². The smallest absolute Gasteiger partial charge is 0.246 e. The highest BCUT2D eigenvalue weighted by atomic mass is 16.0. The number of rotatable bonds is 0. The topological polar surface area (TPSA) is 36.2 Å². The first-order valence-corrected chi connectivity index (χ1v) is 5.20. The van der Waals surface area contributed by atoms with Crippen LogP contribution in [0.3, 0.4) is 0 Å². The van der Waals surface area contributed by atoms with Crippen molar-refractivity contribution in [3.63, 3.8) is 0 Å². The summed E-state index contributed by atoms with van der Waals surface area (Å²) in [7, 11) is 2.24. The summed E-state index contributed by atoms with van der Waals surface area (Å²) in [6.45, 7) is 3.88. The maximum Gasteiger partial charge on any atom is 0.246 e. The summed E-state index contributed by atoms with van der Waals surface area (Å²) in [6, 6.07) is 0. The molecule has 13 heavy (non-hydrogen) atoms. The molecule has 2 aliphatic rings. The maximum atomic E-state index is 2.59. The van der Waals surface area contributed by atoms with E-state index in [-0.39, 0.29) is 5.48 Å². The van der Waals surface area contributed by atoms with Crippen LogP contribution in [0.4, 0.5) is 0 Å². The van der Waals surface area contributed by atoms with Gasteiger partial charge in [-0.2, -0.15) is 0 Å². The third kappa shape index (κ3) is 2.21. The maximum absolute atomic E-state index is 2.59. The molecule has 2 aliphatic heterocycles. The molecule has 0 spiro atoms. The summed E-state index contributed by atoms with van der Waals surface area (Å²) >= 11 is 0. The molecule has 1 fully saturated rings. The molecule has 1 saturated heterocycles. The zero-order chi connectivity index (χ0) is 8.39. The van der Waals surface area contributed by atoms with Gasteiger partial charge in [0.2, 0.25) is 5.84 Å². The van der Waals surface area contributed by atoms with E-state index in [1.54, 1.807) is 5.84 Å². The molecular formula is C10H20N2O. The average Bonchev–Trinajstić information content (AvgIpc) is 2.30. The van der Waals surface area contributed by atoms with Crippen LogP contribution in [0, 0.1) is 0 Å². The summed E-state index contributed by atoms with van der Waals surface area (Å²) in [4.78, 5) is 2.59. The van der Waals surface area contributed by atoms with Crippen LogP contribution in [0.5, 0.6) is 0 Å². The summed E-state index contributed by atoms with van der Waals surface area (Å²) in [5, 5.41) is 0. The van der Waals surface area contributed by atoms with Gasteiger partial charge in [-0.1, -0.05) is 0 Å². The van der Waals surface area contributed by atoms with Crippen LogP contribution in [0.2, 0.25) is 0 Å². The van der Waals surface area contributed by atoms with Gasteiger partial charge in [0.25, 0.3) is 0 Å². The summed E-state index contributed by atoms with van der Waals surface area (Å²) in [5.74, 6) is 1.61. The molecule has 2 heterocycles. The lowest BCUT2D eigenvalue weighted by molar-refractivity contribution is -0.510. The fraction of sp³-hybridized carbons (Fsp3) is 0.900. The van der Waals surface area contributed by atoms with Crippen LogP contribution in [0.25, 0.3) is 0 Å². The molecule has 0 bridgehead atoms. The molecular weight excluding hydrogens is 164 g/mol. The van der Waals surface area contributed by atoms with Crippen LogP contribution in [0.15, 0.2) is 0 Å². The van der Waals surface area contributed by atoms with Crippen molar-refractivity contribution in [1.82, 2.24) is 4.90 Å². The second-order valence-electron chi connectivity index (χ2n) is 3.99. The van der Waals surface area contributed by atoms with Crippen molar-refractivity contribution >= 4 is 5.84 Å². The monoisotopic (exact) mass is 184 g/mol. The normalized spacial score (nSPS) is 23.3. The molecule has 2 rings (SSSR count). The zero-order valence-electron chi connectivity index (χ0n) is 8.50. The Morgan fingerprint density at radius 3 is 2.69 bits per heavy atom. The van der Waals surface area contributed by atoms with Gasteiger partial charge in [0.15, 0.2) is 0 Å². The molecule has 0 unspecified atom stereocenters. The molecule has 0 aromatic rings. The fourth-order valence-corrected chi connectivity index (χ4v) is 2.35. The highest BCUT2D eigenvalue weighted by Crippen LogP contribution is 2.14. The minimum Gasteiger partial charge on any atom is -0.870 e. The Kier molecular flexibility index (Phi) is 3.72. The Morgan fingerprint density at radius 1 is 1.08 bits per heavy atom. The van der Waals surface area contributed by atoms with Gasteiger partial charge in [0.05, 0.1) is 26.7 Å². The van der Waals surface area contributed by atoms with Crippen molar-refractivity contribution in [3.05, 3.63) is 0 Å². The average molecular weight is 184 g/mol. The predicted molar refractivity (Wildman–Crippen MR) is 52.7 cm³/mol. The first-order chi connectivity index (χ1) is 5.88. The minimum absolute atomic E-state index is 0. The minimum atomic E-state index is 0. The van der Waals surface area contributed by atoms with Crippen molar-refractivity contribution in [3.8, 4) is 0 Å². The van der Waals surface area contributed by atoms with Crippen molar-refractivity contribution in [2.75, 3.05) is 26.7 Å². The highest BCUT2D eigenvalue weighted by molar-refractivity contribution is 5.78. The molecule has 0 radical (unpaired) electrons. The molecule has 3 nitrogen and oxygen atoms in total. The van der Waals surface area contributed by atoms with Crippen molar-refractivity contribution in [2.45, 2.75) is 32.1 Å². The molecule has 1 N–H and O–H groups in total. The van der Waals surface area contributed by atoms with Gasteiger partial charge in [-0.15, -0.1) is 0 Å². The van der Waals surface area contributed by atoms with E-state index in [0.29, 0.717) is 0 Å². The number of fused-ring (bicyclic) bond motifs is 1. The van der Waals surface area contributed by atoms with Crippen LogP contribution < -0.4 is 0 Å². The van der Waals surface area contributed by atoms with Gasteiger partial charge >= 0.3 is 0 Å². The molecule has 76 valence electrons. The quantitative estimate of drug-likeness (QED) is 0.529. The van der Waals surface area contributed by atoms with Gasteiger partial charge in [-0.25, -0.2) is 0 Å². The van der Waals surface area contributed by atoms with Crippen LogP contribution in [-0.2, 0) is 0 Å². The van der Waals surface area contributed by atoms with Gasteiger partial charge < -0.3 is 5.48 Å². The molecule has 0 amide bonds. The SMILES string of the molecule is C[N+]1=C2CCCCCN2CCC1.[OH-]. The Bertz CT molecular complexity index is 201. The third-order valence-electron chi connectivity index (χ3n) is 3.06. The van der Waals surface area contributed by atoms with E-state index >= 15 is 0 Å². The first kappa shape index (κ1) is 10.5. The van der Waals surface area contributed by atoms with Crippen LogP contribution in [0.1, 0.15) is 32.1 Å². The zero-order valence-corrected chi connectivity index (χ0v) is 8.50. The molecule has 0 aliphatic carbocycles. The molecule has 0 aromatic heterocycles. The third-order valence-corrected chi connectivity index (χ3v) is 3.06. The largest absolute Gasteiger partial charge is 0.870 e. The van der Waals surface area contributed by atoms with E-state index < -0.39 is 0 Å². The Morgan fingerprint density at radius 2 is 1.85 bits per heavy atom.